The van der Waals surface area contributed by atoms with Crippen LogP contribution in [0.5, 0.6) is 23.0 Å². The SMILES string of the molecule is COc1ccc(S(=O)(=O)N2CC(C(=O)NCCOc3ccccc3OC)Oc3ccc(C)cc32)cc1. The van der Waals surface area contributed by atoms with Crippen LogP contribution >= 0.6 is 0 Å². The summed E-state index contributed by atoms with van der Waals surface area (Å²) < 4.78 is 50.3. The van der Waals surface area contributed by atoms with Gasteiger partial charge in [-0.05, 0) is 61.0 Å². The van der Waals surface area contributed by atoms with Crippen LogP contribution in [0.15, 0.2) is 71.6 Å². The predicted molar refractivity (Wildman–Crippen MR) is 135 cm³/mol. The number of amides is 1. The van der Waals surface area contributed by atoms with Gasteiger partial charge in [0.1, 0.15) is 18.1 Å². The molecule has 0 fully saturated rings. The van der Waals surface area contributed by atoms with Gasteiger partial charge in [-0.15, -0.1) is 0 Å². The van der Waals surface area contributed by atoms with E-state index in [4.69, 9.17) is 18.9 Å². The molecule has 9 nitrogen and oxygen atoms in total. The minimum atomic E-state index is -3.97. The third kappa shape index (κ3) is 5.33. The smallest absolute Gasteiger partial charge is 0.264 e. The molecule has 1 atom stereocenters. The van der Waals surface area contributed by atoms with Crippen LogP contribution in [0.2, 0.25) is 0 Å². The molecule has 4 rings (SSSR count). The Bertz CT molecular complexity index is 1330. The van der Waals surface area contributed by atoms with Crippen LogP contribution in [-0.2, 0) is 14.8 Å². The highest BCUT2D eigenvalue weighted by Gasteiger charge is 2.37. The number of methoxy groups -OCH3 is 2. The molecule has 0 aromatic heterocycles. The normalized spacial score (nSPS) is 14.9. The van der Waals surface area contributed by atoms with Crippen LogP contribution in [0.25, 0.3) is 0 Å². The van der Waals surface area contributed by atoms with Crippen molar-refractivity contribution in [2.75, 3.05) is 38.2 Å². The molecule has 0 spiro atoms. The lowest BCUT2D eigenvalue weighted by Crippen LogP contribution is -2.51. The van der Waals surface area contributed by atoms with Gasteiger partial charge < -0.3 is 24.3 Å². The summed E-state index contributed by atoms with van der Waals surface area (Å²) in [5, 5.41) is 2.76. The van der Waals surface area contributed by atoms with Crippen molar-refractivity contribution >= 4 is 21.6 Å². The van der Waals surface area contributed by atoms with Crippen molar-refractivity contribution in [1.29, 1.82) is 0 Å². The van der Waals surface area contributed by atoms with E-state index in [1.54, 1.807) is 49.6 Å². The second kappa shape index (κ2) is 10.8. The lowest BCUT2D eigenvalue weighted by molar-refractivity contribution is -0.127. The van der Waals surface area contributed by atoms with Gasteiger partial charge in [-0.25, -0.2) is 8.42 Å². The van der Waals surface area contributed by atoms with E-state index in [-0.39, 0.29) is 24.6 Å². The van der Waals surface area contributed by atoms with E-state index in [0.29, 0.717) is 28.7 Å². The maximum atomic E-state index is 13.6. The molecule has 0 radical (unpaired) electrons. The second-order valence-corrected chi connectivity index (χ2v) is 9.94. The van der Waals surface area contributed by atoms with Crippen LogP contribution in [0, 0.1) is 6.92 Å². The zero-order valence-electron chi connectivity index (χ0n) is 20.3. The topological polar surface area (TPSA) is 103 Å². The van der Waals surface area contributed by atoms with E-state index in [2.05, 4.69) is 5.32 Å². The van der Waals surface area contributed by atoms with E-state index in [1.165, 1.54) is 23.5 Å². The highest BCUT2D eigenvalue weighted by atomic mass is 32.2. The molecule has 0 aliphatic carbocycles. The first-order valence-corrected chi connectivity index (χ1v) is 12.7. The van der Waals surface area contributed by atoms with Crippen molar-refractivity contribution in [3.63, 3.8) is 0 Å². The first-order valence-electron chi connectivity index (χ1n) is 11.3. The van der Waals surface area contributed by atoms with Gasteiger partial charge in [-0.1, -0.05) is 18.2 Å². The molecule has 1 amide bonds. The molecule has 3 aromatic rings. The number of carbonyl (C=O) groups is 1. The monoisotopic (exact) mass is 512 g/mol. The first-order chi connectivity index (χ1) is 17.3. The number of nitrogens with zero attached hydrogens (tertiary/aromatic N) is 1. The van der Waals surface area contributed by atoms with Gasteiger partial charge in [0.25, 0.3) is 15.9 Å². The van der Waals surface area contributed by atoms with Gasteiger partial charge in [0.05, 0.1) is 37.9 Å². The number of para-hydroxylation sites is 2. The molecule has 1 heterocycles. The summed E-state index contributed by atoms with van der Waals surface area (Å²) in [6.07, 6.45) is -1.04. The van der Waals surface area contributed by atoms with Crippen LogP contribution in [0.1, 0.15) is 5.56 Å². The molecule has 0 saturated carbocycles. The Balaban J connectivity index is 1.49. The summed E-state index contributed by atoms with van der Waals surface area (Å²) in [5.41, 5.74) is 1.25. The summed E-state index contributed by atoms with van der Waals surface area (Å²) in [5.74, 6) is 1.56. The number of hydrogen-bond acceptors (Lipinski definition) is 7. The van der Waals surface area contributed by atoms with Crippen molar-refractivity contribution in [1.82, 2.24) is 5.32 Å². The third-order valence-electron chi connectivity index (χ3n) is 5.65. The average Bonchev–Trinajstić information content (AvgIpc) is 2.90. The molecular formula is C26H28N2O7S. The fraction of sp³-hybridized carbons (Fsp3) is 0.269. The van der Waals surface area contributed by atoms with E-state index < -0.39 is 22.0 Å². The number of fused-ring (bicyclic) bond motifs is 1. The van der Waals surface area contributed by atoms with Gasteiger partial charge in [0.15, 0.2) is 17.6 Å². The minimum absolute atomic E-state index is 0.0852. The van der Waals surface area contributed by atoms with Crippen LogP contribution in [-0.4, -0.2) is 54.3 Å². The van der Waals surface area contributed by atoms with E-state index in [9.17, 15) is 13.2 Å². The Morgan fingerprint density at radius 3 is 2.44 bits per heavy atom. The Kier molecular flexibility index (Phi) is 7.54. The summed E-state index contributed by atoms with van der Waals surface area (Å²) in [6.45, 7) is 2.08. The number of hydrogen-bond donors (Lipinski definition) is 1. The van der Waals surface area contributed by atoms with Crippen molar-refractivity contribution in [3.8, 4) is 23.0 Å². The zero-order valence-corrected chi connectivity index (χ0v) is 21.1. The molecule has 190 valence electrons. The van der Waals surface area contributed by atoms with Crippen molar-refractivity contribution in [2.45, 2.75) is 17.9 Å². The number of aryl methyl sites for hydroxylation is 1. The summed E-state index contributed by atoms with van der Waals surface area (Å²) >= 11 is 0. The molecule has 1 N–H and O–H groups in total. The number of rotatable bonds is 9. The van der Waals surface area contributed by atoms with Gasteiger partial charge in [0.2, 0.25) is 0 Å². The molecule has 1 aliphatic rings. The predicted octanol–water partition coefficient (Wildman–Crippen LogP) is 3.16. The highest BCUT2D eigenvalue weighted by Crippen LogP contribution is 2.38. The van der Waals surface area contributed by atoms with Crippen molar-refractivity contribution in [3.05, 3.63) is 72.3 Å². The van der Waals surface area contributed by atoms with Gasteiger partial charge in [0, 0.05) is 0 Å². The molecule has 0 saturated heterocycles. The maximum absolute atomic E-state index is 13.6. The Morgan fingerprint density at radius 2 is 1.75 bits per heavy atom. The van der Waals surface area contributed by atoms with Crippen LogP contribution < -0.4 is 28.6 Å². The largest absolute Gasteiger partial charge is 0.497 e. The second-order valence-electron chi connectivity index (χ2n) is 8.08. The lowest BCUT2D eigenvalue weighted by Gasteiger charge is -2.35. The molecule has 3 aromatic carbocycles. The summed E-state index contributed by atoms with van der Waals surface area (Å²) in [7, 11) is -0.913. The number of anilines is 1. The molecule has 10 heteroatoms. The van der Waals surface area contributed by atoms with E-state index >= 15 is 0 Å². The quantitative estimate of drug-likeness (QED) is 0.439. The lowest BCUT2D eigenvalue weighted by atomic mass is 10.1. The fourth-order valence-corrected chi connectivity index (χ4v) is 5.26. The average molecular weight is 513 g/mol. The number of sulfonamides is 1. The number of ether oxygens (including phenoxy) is 4. The molecule has 1 unspecified atom stereocenters. The van der Waals surface area contributed by atoms with Gasteiger partial charge >= 0.3 is 0 Å². The third-order valence-corrected chi connectivity index (χ3v) is 7.45. The number of benzene rings is 3. The van der Waals surface area contributed by atoms with E-state index in [1.807, 2.05) is 19.1 Å². The molecule has 1 aliphatic heterocycles. The maximum Gasteiger partial charge on any atom is 0.264 e. The van der Waals surface area contributed by atoms with Gasteiger partial charge in [-0.2, -0.15) is 0 Å². The van der Waals surface area contributed by atoms with E-state index in [0.717, 1.165) is 5.56 Å². The van der Waals surface area contributed by atoms with Crippen LogP contribution in [0.4, 0.5) is 5.69 Å². The Hall–Kier alpha value is -3.92. The highest BCUT2D eigenvalue weighted by molar-refractivity contribution is 7.92. The molecule has 36 heavy (non-hydrogen) atoms. The van der Waals surface area contributed by atoms with Crippen molar-refractivity contribution in [2.24, 2.45) is 0 Å². The number of carbonyl (C=O) groups excluding carboxylic acids is 1. The number of nitrogens with one attached hydrogen (secondary N) is 1. The standard InChI is InChI=1S/C26H28N2O7S/c1-18-8-13-22-21(16-18)28(36(30,31)20-11-9-19(32-2)10-12-20)17-25(35-22)26(29)27-14-15-34-24-7-5-4-6-23(24)33-3/h4-13,16,25H,14-15,17H2,1-3H3,(H,27,29). The summed E-state index contributed by atoms with van der Waals surface area (Å²) in [4.78, 5) is 13.0. The minimum Gasteiger partial charge on any atom is -0.497 e. The Labute approximate surface area is 210 Å². The van der Waals surface area contributed by atoms with Gasteiger partial charge in [-0.3, -0.25) is 9.10 Å². The van der Waals surface area contributed by atoms with Crippen LogP contribution in [0.3, 0.4) is 0 Å². The molecule has 0 bridgehead atoms. The zero-order chi connectivity index (χ0) is 25.7. The Morgan fingerprint density at radius 1 is 1.03 bits per heavy atom. The summed E-state index contributed by atoms with van der Waals surface area (Å²) in [6, 6.07) is 18.5. The van der Waals surface area contributed by atoms with Crippen molar-refractivity contribution < 1.29 is 32.2 Å². The fourth-order valence-electron chi connectivity index (χ4n) is 3.79. The first kappa shape index (κ1) is 25.2. The molecular weight excluding hydrogens is 484 g/mol.